The number of hydrogen-bond acceptors (Lipinski definition) is 3. The monoisotopic (exact) mass is 284 g/mol. The molecule has 0 saturated carbocycles. The van der Waals surface area contributed by atoms with Crippen LogP contribution >= 0.6 is 0 Å². The first-order valence-corrected chi connectivity index (χ1v) is 7.32. The molecule has 110 valence electrons. The van der Waals surface area contributed by atoms with Crippen molar-refractivity contribution in [1.29, 1.82) is 0 Å². The van der Waals surface area contributed by atoms with E-state index in [9.17, 15) is 10.2 Å². The van der Waals surface area contributed by atoms with Gasteiger partial charge >= 0.3 is 0 Å². The summed E-state index contributed by atoms with van der Waals surface area (Å²) < 4.78 is 6.22. The molecular weight excluding hydrogens is 264 g/mol. The highest BCUT2D eigenvalue weighted by molar-refractivity contribution is 5.24. The number of aliphatic hydroxyl groups is 2. The third-order valence-corrected chi connectivity index (χ3v) is 4.30. The van der Waals surface area contributed by atoms with Crippen LogP contribution in [0.3, 0.4) is 0 Å². The van der Waals surface area contributed by atoms with Crippen molar-refractivity contribution in [3.8, 4) is 0 Å². The molecule has 1 aliphatic heterocycles. The maximum absolute atomic E-state index is 9.77. The minimum atomic E-state index is -0.182. The number of benzene rings is 2. The zero-order chi connectivity index (χ0) is 14.7. The molecule has 0 aliphatic carbocycles. The van der Waals surface area contributed by atoms with E-state index in [4.69, 9.17) is 4.74 Å². The largest absolute Gasteiger partial charge is 0.396 e. The SMILES string of the molecule is OC[C@@H]1[C@H](CO)[C@H](c2ccccc2)O[C@@H]1c1ccccc1. The van der Waals surface area contributed by atoms with E-state index in [1.165, 1.54) is 0 Å². The van der Waals surface area contributed by atoms with Crippen LogP contribution in [0.15, 0.2) is 60.7 Å². The smallest absolute Gasteiger partial charge is 0.0888 e. The second kappa shape index (κ2) is 6.39. The van der Waals surface area contributed by atoms with Gasteiger partial charge in [0, 0.05) is 25.0 Å². The number of hydrogen-bond donors (Lipinski definition) is 2. The maximum atomic E-state index is 9.77. The van der Waals surface area contributed by atoms with Crippen LogP contribution in [0.2, 0.25) is 0 Å². The molecule has 0 spiro atoms. The van der Waals surface area contributed by atoms with Crippen LogP contribution in [0.25, 0.3) is 0 Å². The molecule has 1 saturated heterocycles. The number of ether oxygens (including phenoxy) is 1. The lowest BCUT2D eigenvalue weighted by Gasteiger charge is -2.20. The van der Waals surface area contributed by atoms with E-state index in [0.29, 0.717) is 0 Å². The number of rotatable bonds is 4. The third-order valence-electron chi connectivity index (χ3n) is 4.30. The van der Waals surface area contributed by atoms with Crippen molar-refractivity contribution in [3.63, 3.8) is 0 Å². The lowest BCUT2D eigenvalue weighted by atomic mass is 9.84. The molecule has 1 fully saturated rings. The van der Waals surface area contributed by atoms with Crippen molar-refractivity contribution in [2.45, 2.75) is 12.2 Å². The van der Waals surface area contributed by atoms with E-state index < -0.39 is 0 Å². The summed E-state index contributed by atoms with van der Waals surface area (Å²) in [6.45, 7) is 0.0161. The predicted molar refractivity (Wildman–Crippen MR) is 80.6 cm³/mol. The summed E-state index contributed by atoms with van der Waals surface area (Å²) in [5.74, 6) is -0.190. The van der Waals surface area contributed by atoms with Gasteiger partial charge in [-0.15, -0.1) is 0 Å². The fourth-order valence-corrected chi connectivity index (χ4v) is 3.21. The van der Waals surface area contributed by atoms with E-state index in [-0.39, 0.29) is 37.3 Å². The first kappa shape index (κ1) is 14.3. The fraction of sp³-hybridized carbons (Fsp3) is 0.333. The molecule has 2 aromatic rings. The molecule has 0 unspecified atom stereocenters. The average Bonchev–Trinajstić information content (AvgIpc) is 2.95. The van der Waals surface area contributed by atoms with Crippen LogP contribution in [-0.2, 0) is 4.74 Å². The molecule has 2 aromatic carbocycles. The minimum absolute atomic E-state index is 0.00806. The molecular formula is C18H20O3. The van der Waals surface area contributed by atoms with E-state index >= 15 is 0 Å². The van der Waals surface area contributed by atoms with Gasteiger partial charge in [-0.2, -0.15) is 0 Å². The Bertz CT molecular complexity index is 504. The Morgan fingerprint density at radius 2 is 1.05 bits per heavy atom. The molecule has 3 heteroatoms. The van der Waals surface area contributed by atoms with Crippen LogP contribution in [0.1, 0.15) is 23.3 Å². The molecule has 3 rings (SSSR count). The highest BCUT2D eigenvalue weighted by Gasteiger charge is 2.44. The second-order valence-electron chi connectivity index (χ2n) is 5.49. The average molecular weight is 284 g/mol. The summed E-state index contributed by atoms with van der Waals surface area (Å²) in [6.07, 6.45) is -0.364. The Balaban J connectivity index is 1.93. The lowest BCUT2D eigenvalue weighted by molar-refractivity contribution is 0.0185. The van der Waals surface area contributed by atoms with Gasteiger partial charge in [0.25, 0.3) is 0 Å². The quantitative estimate of drug-likeness (QED) is 0.907. The highest BCUT2D eigenvalue weighted by atomic mass is 16.5. The van der Waals surface area contributed by atoms with Crippen LogP contribution in [-0.4, -0.2) is 23.4 Å². The Morgan fingerprint density at radius 1 is 0.667 bits per heavy atom. The normalized spacial score (nSPS) is 28.7. The van der Waals surface area contributed by atoms with Crippen molar-refractivity contribution in [1.82, 2.24) is 0 Å². The highest BCUT2D eigenvalue weighted by Crippen LogP contribution is 2.48. The molecule has 21 heavy (non-hydrogen) atoms. The molecule has 0 radical (unpaired) electrons. The van der Waals surface area contributed by atoms with Crippen LogP contribution in [0, 0.1) is 11.8 Å². The van der Waals surface area contributed by atoms with Gasteiger partial charge in [-0.1, -0.05) is 60.7 Å². The first-order valence-electron chi connectivity index (χ1n) is 7.32. The number of aliphatic hydroxyl groups excluding tert-OH is 2. The summed E-state index contributed by atoms with van der Waals surface area (Å²) >= 11 is 0. The fourth-order valence-electron chi connectivity index (χ4n) is 3.21. The van der Waals surface area contributed by atoms with Gasteiger partial charge in [-0.25, -0.2) is 0 Å². The predicted octanol–water partition coefficient (Wildman–Crippen LogP) is 2.72. The zero-order valence-electron chi connectivity index (χ0n) is 11.8. The Kier molecular flexibility index (Phi) is 4.34. The van der Waals surface area contributed by atoms with E-state index in [1.54, 1.807) is 0 Å². The molecule has 4 atom stereocenters. The van der Waals surface area contributed by atoms with Gasteiger partial charge in [-0.05, 0) is 11.1 Å². The van der Waals surface area contributed by atoms with Gasteiger partial charge < -0.3 is 14.9 Å². The third kappa shape index (κ3) is 2.72. The Labute approximate surface area is 124 Å². The maximum Gasteiger partial charge on any atom is 0.0888 e. The molecule has 0 amide bonds. The Hall–Kier alpha value is -1.68. The molecule has 2 N–H and O–H groups in total. The summed E-state index contributed by atoms with van der Waals surface area (Å²) in [5.41, 5.74) is 2.10. The first-order chi connectivity index (χ1) is 10.3. The van der Waals surface area contributed by atoms with E-state index in [1.807, 2.05) is 60.7 Å². The molecule has 3 nitrogen and oxygen atoms in total. The van der Waals surface area contributed by atoms with Gasteiger partial charge in [0.05, 0.1) is 12.2 Å². The summed E-state index contributed by atoms with van der Waals surface area (Å²) in [5, 5.41) is 19.5. The molecule has 1 aliphatic rings. The topological polar surface area (TPSA) is 49.7 Å². The van der Waals surface area contributed by atoms with Gasteiger partial charge in [-0.3, -0.25) is 0 Å². The Morgan fingerprint density at radius 3 is 1.38 bits per heavy atom. The second-order valence-corrected chi connectivity index (χ2v) is 5.49. The zero-order valence-corrected chi connectivity index (χ0v) is 11.8. The van der Waals surface area contributed by atoms with Crippen molar-refractivity contribution >= 4 is 0 Å². The van der Waals surface area contributed by atoms with E-state index in [2.05, 4.69) is 0 Å². The summed E-state index contributed by atoms with van der Waals surface area (Å²) in [4.78, 5) is 0. The van der Waals surface area contributed by atoms with Gasteiger partial charge in [0.2, 0.25) is 0 Å². The van der Waals surface area contributed by atoms with Crippen molar-refractivity contribution < 1.29 is 14.9 Å². The molecule has 0 bridgehead atoms. The lowest BCUT2D eigenvalue weighted by Crippen LogP contribution is -2.23. The van der Waals surface area contributed by atoms with Gasteiger partial charge in [0.1, 0.15) is 0 Å². The minimum Gasteiger partial charge on any atom is -0.396 e. The van der Waals surface area contributed by atoms with Crippen LogP contribution in [0.4, 0.5) is 0 Å². The van der Waals surface area contributed by atoms with Crippen molar-refractivity contribution in [3.05, 3.63) is 71.8 Å². The van der Waals surface area contributed by atoms with Crippen molar-refractivity contribution in [2.75, 3.05) is 13.2 Å². The van der Waals surface area contributed by atoms with Crippen LogP contribution in [0.5, 0.6) is 0 Å². The van der Waals surface area contributed by atoms with Crippen molar-refractivity contribution in [2.24, 2.45) is 11.8 Å². The summed E-state index contributed by atoms with van der Waals surface area (Å²) in [6, 6.07) is 19.8. The van der Waals surface area contributed by atoms with Gasteiger partial charge in [0.15, 0.2) is 0 Å². The standard InChI is InChI=1S/C18H20O3/c19-11-15-16(12-20)18(14-9-5-2-6-10-14)21-17(15)13-7-3-1-4-8-13/h1-10,15-20H,11-12H2/t15-,16+,17-,18+. The van der Waals surface area contributed by atoms with E-state index in [0.717, 1.165) is 11.1 Å². The van der Waals surface area contributed by atoms with Crippen LogP contribution < -0.4 is 0 Å². The molecule has 1 heterocycles. The molecule has 0 aromatic heterocycles. The summed E-state index contributed by atoms with van der Waals surface area (Å²) in [7, 11) is 0.